The Kier molecular flexibility index (Phi) is 5.21. The smallest absolute Gasteiger partial charge is 0.275 e. The Morgan fingerprint density at radius 1 is 1.12 bits per heavy atom. The number of carbonyl (C=O) groups is 1. The third kappa shape index (κ3) is 4.22. The summed E-state index contributed by atoms with van der Waals surface area (Å²) in [7, 11) is 2.07. The van der Waals surface area contributed by atoms with E-state index in [0.29, 0.717) is 18.6 Å². The van der Waals surface area contributed by atoms with Gasteiger partial charge in [-0.15, -0.1) is 0 Å². The number of hydrogen-bond donors (Lipinski definition) is 2. The van der Waals surface area contributed by atoms with Gasteiger partial charge in [0.2, 0.25) is 0 Å². The number of para-hydroxylation sites is 1. The summed E-state index contributed by atoms with van der Waals surface area (Å²) in [6.07, 6.45) is 8.44. The normalized spacial score (nSPS) is 33.0. The highest BCUT2D eigenvalue weighted by atomic mass is 16.5. The molecule has 1 aromatic rings. The van der Waals surface area contributed by atoms with Crippen LogP contribution < -0.4 is 15.0 Å². The Bertz CT molecular complexity index is 581. The van der Waals surface area contributed by atoms with Crippen molar-refractivity contribution in [2.45, 2.75) is 38.5 Å². The number of ether oxygens (including phenoxy) is 1. The summed E-state index contributed by atoms with van der Waals surface area (Å²) in [5.74, 6) is 3.93. The highest BCUT2D eigenvalue weighted by Crippen LogP contribution is 2.59. The highest BCUT2D eigenvalue weighted by molar-refractivity contribution is 5.76. The maximum atomic E-state index is 12.4. The van der Waals surface area contributed by atoms with Gasteiger partial charge in [0.1, 0.15) is 18.9 Å². The second-order valence-corrected chi connectivity index (χ2v) is 9.24. The van der Waals surface area contributed by atoms with Crippen molar-refractivity contribution >= 4 is 5.91 Å². The predicted octanol–water partition coefficient (Wildman–Crippen LogP) is 1.91. The molecule has 4 bridgehead atoms. The number of carbonyl (C=O) groups excluding carboxylic acids is 1. The Balaban J connectivity index is 1.17. The largest absolute Gasteiger partial charge is 0.488 e. The second kappa shape index (κ2) is 7.59. The summed E-state index contributed by atoms with van der Waals surface area (Å²) in [6.45, 7) is 2.91. The summed E-state index contributed by atoms with van der Waals surface area (Å²) in [5, 5.41) is 3.28. The van der Waals surface area contributed by atoms with Crippen molar-refractivity contribution in [2.75, 3.05) is 33.3 Å². The molecule has 1 unspecified atom stereocenters. The maximum absolute atomic E-state index is 12.4. The van der Waals surface area contributed by atoms with Crippen molar-refractivity contribution < 1.29 is 14.4 Å². The maximum Gasteiger partial charge on any atom is 0.275 e. The van der Waals surface area contributed by atoms with Crippen LogP contribution in [0.3, 0.4) is 0 Å². The number of quaternary nitrogens is 1. The fourth-order valence-electron chi connectivity index (χ4n) is 6.08. The van der Waals surface area contributed by atoms with Gasteiger partial charge >= 0.3 is 0 Å². The zero-order chi connectivity index (χ0) is 18.0. The van der Waals surface area contributed by atoms with Gasteiger partial charge in [0.25, 0.3) is 5.91 Å². The van der Waals surface area contributed by atoms with Crippen LogP contribution in [0.25, 0.3) is 0 Å². The van der Waals surface area contributed by atoms with Crippen molar-refractivity contribution in [3.05, 3.63) is 30.3 Å². The molecule has 26 heavy (non-hydrogen) atoms. The first-order chi connectivity index (χ1) is 12.6. The van der Waals surface area contributed by atoms with E-state index in [9.17, 15) is 4.79 Å². The molecule has 4 aliphatic carbocycles. The molecular formula is C22H33N2O2+. The van der Waals surface area contributed by atoms with E-state index in [0.717, 1.165) is 36.6 Å². The predicted molar refractivity (Wildman–Crippen MR) is 102 cm³/mol. The third-order valence-electron chi connectivity index (χ3n) is 6.83. The molecule has 0 aliphatic heterocycles. The molecule has 4 heteroatoms. The van der Waals surface area contributed by atoms with Gasteiger partial charge in [-0.2, -0.15) is 0 Å². The van der Waals surface area contributed by atoms with Crippen LogP contribution in [-0.4, -0.2) is 39.2 Å². The fraction of sp³-hybridized carbons (Fsp3) is 0.682. The summed E-state index contributed by atoms with van der Waals surface area (Å²) in [4.78, 5) is 13.6. The van der Waals surface area contributed by atoms with E-state index in [1.807, 2.05) is 30.3 Å². The van der Waals surface area contributed by atoms with Crippen LogP contribution in [0.2, 0.25) is 0 Å². The number of likely N-dealkylation sites (N-methyl/N-ethyl adjacent to an activating group) is 1. The molecule has 4 nitrogen and oxygen atoms in total. The first-order valence-electron chi connectivity index (χ1n) is 10.4. The zero-order valence-electron chi connectivity index (χ0n) is 16.0. The minimum absolute atomic E-state index is 0.193. The van der Waals surface area contributed by atoms with Crippen LogP contribution in [0.5, 0.6) is 5.75 Å². The molecule has 5 rings (SSSR count). The molecule has 0 spiro atoms. The lowest BCUT2D eigenvalue weighted by atomic mass is 9.49. The Morgan fingerprint density at radius 3 is 2.35 bits per heavy atom. The van der Waals surface area contributed by atoms with E-state index in [4.69, 9.17) is 4.74 Å². The van der Waals surface area contributed by atoms with Gasteiger partial charge in [-0.25, -0.2) is 0 Å². The zero-order valence-corrected chi connectivity index (χ0v) is 16.0. The molecule has 0 heterocycles. The van der Waals surface area contributed by atoms with Gasteiger partial charge in [-0.1, -0.05) is 18.2 Å². The number of hydrogen-bond acceptors (Lipinski definition) is 2. The molecule has 4 fully saturated rings. The third-order valence-corrected chi connectivity index (χ3v) is 6.83. The fourth-order valence-corrected chi connectivity index (χ4v) is 6.08. The minimum Gasteiger partial charge on any atom is -0.488 e. The standard InChI is InChI=1S/C22H32N2O2/c1-24(7-8-26-20-5-3-2-4-6-20)15-21(25)23-16-22-12-17-9-18(13-22)11-19(10-17)14-22/h2-6,17-19H,7-16H2,1H3,(H,23,25)/p+1. The molecule has 1 aromatic carbocycles. The van der Waals surface area contributed by atoms with E-state index in [1.165, 1.54) is 43.4 Å². The monoisotopic (exact) mass is 357 g/mol. The van der Waals surface area contributed by atoms with Gasteiger partial charge in [0.05, 0.1) is 7.05 Å². The van der Waals surface area contributed by atoms with E-state index in [1.54, 1.807) is 0 Å². The average molecular weight is 358 g/mol. The molecule has 4 aliphatic rings. The second-order valence-electron chi connectivity index (χ2n) is 9.24. The molecule has 1 amide bonds. The molecule has 142 valence electrons. The SMILES string of the molecule is C[NH+](CCOc1ccccc1)CC(=O)NCC12CC3CC(CC(C3)C1)C2. The number of nitrogens with one attached hydrogen (secondary N) is 2. The van der Waals surface area contributed by atoms with Crippen LogP contribution in [0.4, 0.5) is 0 Å². The molecule has 0 saturated heterocycles. The van der Waals surface area contributed by atoms with Crippen LogP contribution in [0.15, 0.2) is 30.3 Å². The highest BCUT2D eigenvalue weighted by Gasteiger charge is 2.50. The summed E-state index contributed by atoms with van der Waals surface area (Å²) >= 11 is 0. The molecule has 0 aromatic heterocycles. The Hall–Kier alpha value is -1.55. The van der Waals surface area contributed by atoms with E-state index in [-0.39, 0.29) is 5.91 Å². The minimum atomic E-state index is 0.193. The van der Waals surface area contributed by atoms with Gasteiger partial charge in [-0.05, 0) is 73.8 Å². The van der Waals surface area contributed by atoms with E-state index >= 15 is 0 Å². The molecule has 0 radical (unpaired) electrons. The van der Waals surface area contributed by atoms with E-state index < -0.39 is 0 Å². The van der Waals surface area contributed by atoms with Crippen LogP contribution in [0, 0.1) is 23.2 Å². The molecule has 4 saturated carbocycles. The number of benzene rings is 1. The van der Waals surface area contributed by atoms with Crippen LogP contribution >= 0.6 is 0 Å². The van der Waals surface area contributed by atoms with Gasteiger partial charge in [0, 0.05) is 6.54 Å². The van der Waals surface area contributed by atoms with Gasteiger partial charge < -0.3 is 15.0 Å². The van der Waals surface area contributed by atoms with Crippen LogP contribution in [0.1, 0.15) is 38.5 Å². The van der Waals surface area contributed by atoms with Gasteiger partial charge in [0.15, 0.2) is 6.54 Å². The first-order valence-corrected chi connectivity index (χ1v) is 10.4. The van der Waals surface area contributed by atoms with Crippen molar-refractivity contribution in [1.29, 1.82) is 0 Å². The van der Waals surface area contributed by atoms with E-state index in [2.05, 4.69) is 12.4 Å². The Labute approximate surface area is 157 Å². The molecule has 2 N–H and O–H groups in total. The summed E-state index contributed by atoms with van der Waals surface area (Å²) in [5.41, 5.74) is 0.425. The van der Waals surface area contributed by atoms with Crippen molar-refractivity contribution in [3.8, 4) is 5.75 Å². The Morgan fingerprint density at radius 2 is 1.73 bits per heavy atom. The van der Waals surface area contributed by atoms with Crippen molar-refractivity contribution in [1.82, 2.24) is 5.32 Å². The summed E-state index contributed by atoms with van der Waals surface area (Å²) in [6, 6.07) is 9.87. The molecule has 1 atom stereocenters. The first kappa shape index (κ1) is 17.8. The van der Waals surface area contributed by atoms with Crippen molar-refractivity contribution in [2.24, 2.45) is 23.2 Å². The molecular weight excluding hydrogens is 324 g/mol. The van der Waals surface area contributed by atoms with Crippen molar-refractivity contribution in [3.63, 3.8) is 0 Å². The quantitative estimate of drug-likeness (QED) is 0.746. The van der Waals surface area contributed by atoms with Crippen LogP contribution in [-0.2, 0) is 4.79 Å². The lowest BCUT2D eigenvalue weighted by Gasteiger charge is -2.56. The van der Waals surface area contributed by atoms with Gasteiger partial charge in [-0.3, -0.25) is 4.79 Å². The summed E-state index contributed by atoms with van der Waals surface area (Å²) < 4.78 is 5.73. The lowest BCUT2D eigenvalue weighted by Crippen LogP contribution is -3.10. The number of amides is 1. The number of rotatable bonds is 8. The topological polar surface area (TPSA) is 42.8 Å². The lowest BCUT2D eigenvalue weighted by molar-refractivity contribution is -0.871. The average Bonchev–Trinajstić information content (AvgIpc) is 2.60.